The molecule has 5 aliphatic rings. The summed E-state index contributed by atoms with van der Waals surface area (Å²) in [5, 5.41) is 2.32. The zero-order valence-corrected chi connectivity index (χ0v) is 52.4. The first-order chi connectivity index (χ1) is 42.6. The van der Waals surface area contributed by atoms with Gasteiger partial charge < -0.3 is 14.7 Å². The molecule has 2 N–H and O–H groups in total. The molecule has 7 aromatic rings. The second-order valence-corrected chi connectivity index (χ2v) is 29.2. The number of aryl methyl sites for hydroxylation is 1. The highest BCUT2D eigenvalue weighted by Gasteiger charge is 2.34. The van der Waals surface area contributed by atoms with Crippen molar-refractivity contribution in [2.45, 2.75) is 64.7 Å². The summed E-state index contributed by atoms with van der Waals surface area (Å²) in [4.78, 5) is 41.5. The summed E-state index contributed by atoms with van der Waals surface area (Å²) in [6.45, 7) is 29.9. The van der Waals surface area contributed by atoms with Crippen molar-refractivity contribution in [3.63, 3.8) is 0 Å². The van der Waals surface area contributed by atoms with E-state index < -0.39 is 47.7 Å². The van der Waals surface area contributed by atoms with Crippen LogP contribution >= 0.6 is 23.2 Å². The Morgan fingerprint density at radius 2 is 0.921 bits per heavy atom. The van der Waals surface area contributed by atoms with Crippen molar-refractivity contribution in [3.05, 3.63) is 135 Å². The van der Waals surface area contributed by atoms with Crippen molar-refractivity contribution in [1.82, 2.24) is 43.2 Å². The van der Waals surface area contributed by atoms with Gasteiger partial charge in [0.1, 0.15) is 53.9 Å². The molecule has 3 atom stereocenters. The van der Waals surface area contributed by atoms with Crippen LogP contribution in [0.25, 0.3) is 47.2 Å². The Bertz CT molecular complexity index is 4290. The Morgan fingerprint density at radius 3 is 1.31 bits per heavy atom. The maximum Gasteiger partial charge on any atom is 0.299 e. The summed E-state index contributed by atoms with van der Waals surface area (Å²) < 4.78 is 124. The highest BCUT2D eigenvalue weighted by atomic mass is 35.5. The number of piperidine rings is 3. The molecule has 89 heavy (non-hydrogen) atoms. The molecule has 0 radical (unpaired) electrons. The number of benzene rings is 4. The lowest BCUT2D eigenvalue weighted by Gasteiger charge is -2.37. The molecule has 12 rings (SSSR count). The second kappa shape index (κ2) is 27.8. The molecule has 468 valence electrons. The van der Waals surface area contributed by atoms with Gasteiger partial charge in [0.15, 0.2) is 0 Å². The molecule has 22 nitrogen and oxygen atoms in total. The van der Waals surface area contributed by atoms with Crippen molar-refractivity contribution in [2.75, 3.05) is 103 Å². The first kappa shape index (κ1) is 64.6. The quantitative estimate of drug-likeness (QED) is 0.108. The number of hydrogen-bond donors (Lipinski definition) is 2. The standard InChI is InChI=1S/C22H21Cl2FN6O2S.C19H22FN5O2S.C18H20FN5O2S/c1-13-6-16(23)21(17(24)7-13)30-34(32,33)29-10-14-4-3-5-31(11-14)22-15-8-20(26-2)18(25)9-19(15)27-12-28-22;1-21-18-9-15-17(10-16(18)20)22-13-23-19(15)24-6-4-5-14(11-24)12-25-7-2-3-8-28(25,26)27;1-20-17-8-14-16(9-15(17)19)21-12-22-18(14)23-5-2-4-13(10-23)11-24-6-3-7-27(24,25)26/h6-9,12,14,29-30H,3-5,10-11H2,1H3;9-10,13-14H,2-8,11-12H2;8-9,12-13H,2-7,10-11H2. The Kier molecular flexibility index (Phi) is 20.2. The maximum absolute atomic E-state index is 14.0. The predicted molar refractivity (Wildman–Crippen MR) is 338 cm³/mol. The second-order valence-electron chi connectivity index (χ2n) is 22.7. The van der Waals surface area contributed by atoms with Gasteiger partial charge in [-0.25, -0.2) is 83.1 Å². The minimum atomic E-state index is -3.91. The molecule has 5 aliphatic heterocycles. The van der Waals surface area contributed by atoms with Gasteiger partial charge in [-0.1, -0.05) is 23.2 Å². The highest BCUT2D eigenvalue weighted by Crippen LogP contribution is 2.37. The predicted octanol–water partition coefficient (Wildman–Crippen LogP) is 10.6. The van der Waals surface area contributed by atoms with E-state index >= 15 is 0 Å². The normalized spacial score (nSPS) is 20.4. The smallest absolute Gasteiger partial charge is 0.299 e. The summed E-state index contributed by atoms with van der Waals surface area (Å²) in [5.41, 5.74) is 2.11. The molecular formula is C59H63Cl2F3N16O6S3. The molecule has 0 saturated carbocycles. The van der Waals surface area contributed by atoms with Gasteiger partial charge in [0.05, 0.1) is 63.5 Å². The van der Waals surface area contributed by atoms with Crippen molar-refractivity contribution >= 4 is 126 Å². The van der Waals surface area contributed by atoms with Crippen LogP contribution in [-0.2, 0) is 30.3 Å². The van der Waals surface area contributed by atoms with Gasteiger partial charge in [0.2, 0.25) is 37.1 Å². The van der Waals surface area contributed by atoms with Crippen LogP contribution in [0.5, 0.6) is 0 Å². The van der Waals surface area contributed by atoms with E-state index in [0.29, 0.717) is 109 Å². The topological polar surface area (TPSA) is 233 Å². The van der Waals surface area contributed by atoms with Crippen molar-refractivity contribution in [2.24, 2.45) is 17.8 Å². The zero-order valence-electron chi connectivity index (χ0n) is 48.5. The van der Waals surface area contributed by atoms with E-state index in [9.17, 15) is 38.4 Å². The van der Waals surface area contributed by atoms with Crippen LogP contribution in [-0.4, -0.2) is 147 Å². The van der Waals surface area contributed by atoms with Crippen LogP contribution in [0.3, 0.4) is 0 Å². The number of hydrogen-bond acceptors (Lipinski definition) is 15. The van der Waals surface area contributed by atoms with Gasteiger partial charge in [-0.2, -0.15) is 13.1 Å². The van der Waals surface area contributed by atoms with E-state index in [2.05, 4.69) is 63.7 Å². The molecule has 8 heterocycles. The lowest BCUT2D eigenvalue weighted by Crippen LogP contribution is -2.45. The van der Waals surface area contributed by atoms with E-state index in [0.717, 1.165) is 70.0 Å². The van der Waals surface area contributed by atoms with Crippen molar-refractivity contribution < 1.29 is 38.4 Å². The number of nitrogens with zero attached hydrogens (tertiary/aromatic N) is 14. The molecule has 5 fully saturated rings. The Hall–Kier alpha value is -7.33. The fourth-order valence-corrected chi connectivity index (χ4v) is 17.2. The monoisotopic (exact) mass is 1310 g/mol. The number of anilines is 4. The van der Waals surface area contributed by atoms with Gasteiger partial charge >= 0.3 is 0 Å². The Balaban J connectivity index is 0.000000148. The van der Waals surface area contributed by atoms with E-state index in [1.54, 1.807) is 20.7 Å². The van der Waals surface area contributed by atoms with Gasteiger partial charge in [-0.15, -0.1) is 0 Å². The van der Waals surface area contributed by atoms with Gasteiger partial charge in [-0.05, 0) is 137 Å². The molecule has 3 aromatic heterocycles. The fraction of sp³-hybridized carbons (Fsp3) is 0.441. The fourth-order valence-electron chi connectivity index (χ4n) is 12.1. The highest BCUT2D eigenvalue weighted by molar-refractivity contribution is 7.90. The number of nitrogens with one attached hydrogen (secondary N) is 2. The maximum atomic E-state index is 14.0. The molecule has 30 heteroatoms. The van der Waals surface area contributed by atoms with E-state index in [4.69, 9.17) is 42.9 Å². The Morgan fingerprint density at radius 1 is 0.539 bits per heavy atom. The number of fused-ring (bicyclic) bond motifs is 3. The van der Waals surface area contributed by atoms with Crippen LogP contribution < -0.4 is 24.1 Å². The van der Waals surface area contributed by atoms with E-state index in [1.807, 2.05) is 11.8 Å². The number of halogens is 5. The van der Waals surface area contributed by atoms with Crippen molar-refractivity contribution in [1.29, 1.82) is 0 Å². The Labute approximate surface area is 525 Å². The van der Waals surface area contributed by atoms with Gasteiger partial charge in [0, 0.05) is 88.2 Å². The number of sulfonamides is 2. The van der Waals surface area contributed by atoms with Gasteiger partial charge in [0.25, 0.3) is 10.2 Å². The van der Waals surface area contributed by atoms with Gasteiger partial charge in [-0.3, -0.25) is 4.72 Å². The molecule has 0 amide bonds. The minimum absolute atomic E-state index is 0.0000772. The average Bonchev–Trinajstić information content (AvgIpc) is 1.68. The van der Waals surface area contributed by atoms with Crippen LogP contribution in [0, 0.1) is 61.8 Å². The third-order valence-corrected chi connectivity index (χ3v) is 21.9. The summed E-state index contributed by atoms with van der Waals surface area (Å²) in [6, 6.07) is 11.5. The molecule has 3 unspecified atom stereocenters. The molecule has 5 saturated heterocycles. The van der Waals surface area contributed by atoms with E-state index in [-0.39, 0.29) is 68.6 Å². The summed E-state index contributed by atoms with van der Waals surface area (Å²) in [6.07, 6.45) is 12.0. The largest absolute Gasteiger partial charge is 0.356 e. The van der Waals surface area contributed by atoms with Crippen LogP contribution in [0.4, 0.5) is 53.4 Å². The lowest BCUT2D eigenvalue weighted by atomic mass is 9.97. The first-order valence-corrected chi connectivity index (χ1v) is 34.5. The molecular weight excluding hydrogens is 1250 g/mol. The molecule has 4 aromatic carbocycles. The van der Waals surface area contributed by atoms with Crippen LogP contribution in [0.1, 0.15) is 63.4 Å². The zero-order chi connectivity index (χ0) is 63.2. The minimum Gasteiger partial charge on any atom is -0.356 e. The average molecular weight is 1320 g/mol. The number of rotatable bonds is 12. The van der Waals surface area contributed by atoms with Crippen molar-refractivity contribution in [3.8, 4) is 0 Å². The lowest BCUT2D eigenvalue weighted by molar-refractivity contribution is 0.296. The SMILES string of the molecule is [C-]#[N+]c1cc2c(N3CCCC(CN4CCCCS4(=O)=O)C3)ncnc2cc1F.[C-]#[N+]c1cc2c(N3CCCC(CN4CCCS4(=O)=O)C3)ncnc2cc1F.[C-]#[N+]c1cc2c(N3CCCC(CNS(=O)(=O)Nc4c(Cl)cc(C)cc4Cl)C3)ncnc2cc1F. The third-order valence-electron chi connectivity index (χ3n) is 16.4. The molecule has 0 bridgehead atoms. The van der Waals surface area contributed by atoms with Crippen LogP contribution in [0.2, 0.25) is 10.0 Å². The number of aromatic nitrogens is 6. The summed E-state index contributed by atoms with van der Waals surface area (Å²) in [5.74, 6) is 1.08. The molecule has 0 aliphatic carbocycles. The van der Waals surface area contributed by atoms with E-state index in [1.165, 1.54) is 55.4 Å². The first-order valence-electron chi connectivity index (χ1n) is 29.0. The van der Waals surface area contributed by atoms with Crippen LogP contribution in [0.15, 0.2) is 67.5 Å². The molecule has 0 spiro atoms. The summed E-state index contributed by atoms with van der Waals surface area (Å²) >= 11 is 12.3. The third kappa shape index (κ3) is 15.3. The summed E-state index contributed by atoms with van der Waals surface area (Å²) in [7, 11) is -10.2.